The van der Waals surface area contributed by atoms with Crippen LogP contribution in [0.3, 0.4) is 0 Å². The molecule has 3 aromatic carbocycles. The fourth-order valence-electron chi connectivity index (χ4n) is 3.84. The molecular formula is C24H20N2O6. The zero-order valence-electron chi connectivity index (χ0n) is 17.5. The van der Waals surface area contributed by atoms with Crippen LogP contribution in [0.5, 0.6) is 11.5 Å². The summed E-state index contributed by atoms with van der Waals surface area (Å²) in [7, 11) is 3.19. The van der Waals surface area contributed by atoms with E-state index in [4.69, 9.17) is 18.9 Å². The molecule has 32 heavy (non-hydrogen) atoms. The number of hydrogen-bond acceptors (Lipinski definition) is 8. The van der Waals surface area contributed by atoms with Crippen LogP contribution in [-0.4, -0.2) is 39.6 Å². The Balaban J connectivity index is 1.60. The number of cyclic esters (lactones) is 2. The first kappa shape index (κ1) is 19.7. The van der Waals surface area contributed by atoms with Crippen molar-refractivity contribution in [3.8, 4) is 11.5 Å². The van der Waals surface area contributed by atoms with Crippen LogP contribution in [-0.2, 0) is 9.47 Å². The smallest absolute Gasteiger partial charge is 0.342 e. The standard InChI is InChI=1S/C24H20N2O6/c1-29-17-7-3-15(4-8-17)25-13-31-23(27)19-12-22-20(11-21(19)25)24(28)32-14-26(22)16-5-9-18(30-2)10-6-16/h3-12H,13-14H2,1-2H3. The minimum absolute atomic E-state index is 0.0359. The van der Waals surface area contributed by atoms with Gasteiger partial charge in [0, 0.05) is 11.4 Å². The molecule has 0 saturated carbocycles. The number of esters is 2. The molecule has 0 saturated heterocycles. The molecule has 0 amide bonds. The van der Waals surface area contributed by atoms with Gasteiger partial charge in [-0.05, 0) is 60.7 Å². The first-order chi connectivity index (χ1) is 15.6. The van der Waals surface area contributed by atoms with Crippen molar-refractivity contribution in [3.05, 3.63) is 71.8 Å². The molecule has 0 aliphatic carbocycles. The zero-order chi connectivity index (χ0) is 22.2. The highest BCUT2D eigenvalue weighted by Gasteiger charge is 2.33. The second-order valence-electron chi connectivity index (χ2n) is 7.26. The van der Waals surface area contributed by atoms with Crippen molar-refractivity contribution in [2.45, 2.75) is 0 Å². The molecule has 2 heterocycles. The number of nitrogens with zero attached hydrogens (tertiary/aromatic N) is 2. The van der Waals surface area contributed by atoms with Gasteiger partial charge in [0.15, 0.2) is 13.5 Å². The Morgan fingerprint density at radius 3 is 1.38 bits per heavy atom. The van der Waals surface area contributed by atoms with E-state index in [-0.39, 0.29) is 13.5 Å². The van der Waals surface area contributed by atoms with Gasteiger partial charge in [0.2, 0.25) is 0 Å². The average molecular weight is 432 g/mol. The van der Waals surface area contributed by atoms with Crippen LogP contribution >= 0.6 is 0 Å². The molecule has 3 aromatic rings. The normalized spacial score (nSPS) is 14.8. The molecule has 8 heteroatoms. The van der Waals surface area contributed by atoms with Crippen LogP contribution < -0.4 is 19.3 Å². The summed E-state index contributed by atoms with van der Waals surface area (Å²) in [6, 6.07) is 18.1. The van der Waals surface area contributed by atoms with Gasteiger partial charge in [-0.15, -0.1) is 0 Å². The van der Waals surface area contributed by atoms with Crippen molar-refractivity contribution >= 4 is 34.7 Å². The first-order valence-electron chi connectivity index (χ1n) is 9.94. The number of fused-ring (bicyclic) bond motifs is 2. The predicted molar refractivity (Wildman–Crippen MR) is 117 cm³/mol. The molecule has 0 fully saturated rings. The summed E-state index contributed by atoms with van der Waals surface area (Å²) in [4.78, 5) is 28.9. The van der Waals surface area contributed by atoms with Gasteiger partial charge in [-0.25, -0.2) is 9.59 Å². The van der Waals surface area contributed by atoms with Crippen LogP contribution in [0.4, 0.5) is 22.7 Å². The minimum Gasteiger partial charge on any atom is -0.497 e. The quantitative estimate of drug-likeness (QED) is 0.567. The van der Waals surface area contributed by atoms with E-state index in [2.05, 4.69) is 0 Å². The van der Waals surface area contributed by atoms with E-state index < -0.39 is 11.9 Å². The Kier molecular flexibility index (Phi) is 4.82. The van der Waals surface area contributed by atoms with E-state index in [0.717, 1.165) is 11.4 Å². The zero-order valence-corrected chi connectivity index (χ0v) is 17.5. The van der Waals surface area contributed by atoms with Crippen molar-refractivity contribution in [3.63, 3.8) is 0 Å². The molecule has 0 bridgehead atoms. The lowest BCUT2D eigenvalue weighted by Gasteiger charge is -2.35. The van der Waals surface area contributed by atoms with Crippen LogP contribution in [0.25, 0.3) is 0 Å². The summed E-state index contributed by atoms with van der Waals surface area (Å²) in [5, 5.41) is 0. The Morgan fingerprint density at radius 1 is 0.656 bits per heavy atom. The van der Waals surface area contributed by atoms with Crippen molar-refractivity contribution in [1.29, 1.82) is 0 Å². The van der Waals surface area contributed by atoms with Crippen LogP contribution in [0.1, 0.15) is 20.7 Å². The molecule has 2 aliphatic rings. The summed E-state index contributed by atoms with van der Waals surface area (Å²) < 4.78 is 21.3. The second kappa shape index (κ2) is 7.81. The predicted octanol–water partition coefficient (Wildman–Crippen LogP) is 4.24. The van der Waals surface area contributed by atoms with Crippen molar-refractivity contribution in [2.24, 2.45) is 0 Å². The lowest BCUT2D eigenvalue weighted by atomic mass is 10.0. The van der Waals surface area contributed by atoms with Crippen molar-refractivity contribution < 1.29 is 28.5 Å². The molecule has 0 N–H and O–H groups in total. The summed E-state index contributed by atoms with van der Waals surface area (Å²) in [5.74, 6) is 0.543. The third-order valence-electron chi connectivity index (χ3n) is 5.55. The van der Waals surface area contributed by atoms with E-state index in [1.165, 1.54) is 0 Å². The van der Waals surface area contributed by atoms with Gasteiger partial charge in [-0.2, -0.15) is 0 Å². The maximum Gasteiger partial charge on any atom is 0.342 e. The molecule has 0 atom stereocenters. The SMILES string of the molecule is COc1ccc(N2COC(=O)c3cc4c(cc32)C(=O)OCN4c2ccc(OC)cc2)cc1. The first-order valence-corrected chi connectivity index (χ1v) is 9.94. The number of benzene rings is 3. The van der Waals surface area contributed by atoms with Gasteiger partial charge in [0.1, 0.15) is 11.5 Å². The molecule has 8 nitrogen and oxygen atoms in total. The summed E-state index contributed by atoms with van der Waals surface area (Å²) >= 11 is 0. The highest BCUT2D eigenvalue weighted by atomic mass is 16.6. The van der Waals surface area contributed by atoms with E-state index in [9.17, 15) is 9.59 Å². The number of hydrogen-bond donors (Lipinski definition) is 0. The largest absolute Gasteiger partial charge is 0.497 e. The number of ether oxygens (including phenoxy) is 4. The van der Waals surface area contributed by atoms with Gasteiger partial charge in [-0.3, -0.25) is 0 Å². The monoisotopic (exact) mass is 432 g/mol. The summed E-state index contributed by atoms with van der Waals surface area (Å²) in [5.41, 5.74) is 3.52. The van der Waals surface area contributed by atoms with E-state index in [1.807, 2.05) is 58.3 Å². The topological polar surface area (TPSA) is 77.5 Å². The van der Waals surface area contributed by atoms with Gasteiger partial charge in [0.05, 0.1) is 36.7 Å². The number of methoxy groups -OCH3 is 2. The highest BCUT2D eigenvalue weighted by molar-refractivity contribution is 6.06. The molecule has 162 valence electrons. The van der Waals surface area contributed by atoms with Crippen LogP contribution in [0.15, 0.2) is 60.7 Å². The average Bonchev–Trinajstić information content (AvgIpc) is 2.84. The molecule has 2 aliphatic heterocycles. The second-order valence-corrected chi connectivity index (χ2v) is 7.26. The maximum absolute atomic E-state index is 12.6. The van der Waals surface area contributed by atoms with E-state index >= 15 is 0 Å². The third-order valence-corrected chi connectivity index (χ3v) is 5.55. The van der Waals surface area contributed by atoms with Gasteiger partial charge < -0.3 is 28.7 Å². The van der Waals surface area contributed by atoms with Crippen molar-refractivity contribution in [1.82, 2.24) is 0 Å². The lowest BCUT2D eigenvalue weighted by Crippen LogP contribution is -2.34. The van der Waals surface area contributed by atoms with Gasteiger partial charge in [-0.1, -0.05) is 0 Å². The minimum atomic E-state index is -0.443. The fraction of sp³-hybridized carbons (Fsp3) is 0.167. The Morgan fingerprint density at radius 2 is 1.03 bits per heavy atom. The fourth-order valence-corrected chi connectivity index (χ4v) is 3.84. The summed E-state index contributed by atoms with van der Waals surface area (Å²) in [6.07, 6.45) is 0. The molecule has 0 spiro atoms. The Hall–Kier alpha value is -4.20. The number of carbonyl (C=O) groups is 2. The third kappa shape index (κ3) is 3.26. The Bertz CT molecular complexity index is 1100. The maximum atomic E-state index is 12.6. The molecule has 0 aromatic heterocycles. The number of carbonyl (C=O) groups excluding carboxylic acids is 2. The summed E-state index contributed by atoms with van der Waals surface area (Å²) in [6.45, 7) is 0.0718. The Labute approximate surface area is 184 Å². The highest BCUT2D eigenvalue weighted by Crippen LogP contribution is 2.41. The van der Waals surface area contributed by atoms with Crippen LogP contribution in [0.2, 0.25) is 0 Å². The molecule has 0 unspecified atom stereocenters. The lowest BCUT2D eigenvalue weighted by molar-refractivity contribution is 0.0473. The van der Waals surface area contributed by atoms with Gasteiger partial charge in [0.25, 0.3) is 0 Å². The van der Waals surface area contributed by atoms with E-state index in [0.29, 0.717) is 34.0 Å². The molecular weight excluding hydrogens is 412 g/mol. The van der Waals surface area contributed by atoms with Crippen molar-refractivity contribution in [2.75, 3.05) is 37.5 Å². The van der Waals surface area contributed by atoms with E-state index in [1.54, 1.807) is 26.4 Å². The number of anilines is 4. The molecule has 5 rings (SSSR count). The number of rotatable bonds is 4. The van der Waals surface area contributed by atoms with Gasteiger partial charge >= 0.3 is 11.9 Å². The molecule has 0 radical (unpaired) electrons. The van der Waals surface area contributed by atoms with Crippen LogP contribution in [0, 0.1) is 0 Å².